The predicted molar refractivity (Wildman–Crippen MR) is 76.9 cm³/mol. The number of halogens is 1. The Balaban J connectivity index is 1.86. The van der Waals surface area contributed by atoms with Gasteiger partial charge in [-0.15, -0.1) is 0 Å². The molecule has 0 heterocycles. The van der Waals surface area contributed by atoms with Crippen molar-refractivity contribution >= 4 is 11.6 Å². The molecule has 3 heteroatoms. The number of nitrogens with zero attached hydrogens (tertiary/aromatic N) is 1. The summed E-state index contributed by atoms with van der Waals surface area (Å²) in [7, 11) is 0. The van der Waals surface area contributed by atoms with E-state index < -0.39 is 0 Å². The number of hydrogen-bond donors (Lipinski definition) is 0. The van der Waals surface area contributed by atoms with Crippen LogP contribution in [0.5, 0.6) is 0 Å². The Kier molecular flexibility index (Phi) is 5.01. The van der Waals surface area contributed by atoms with Crippen LogP contribution in [-0.4, -0.2) is 6.61 Å². The lowest BCUT2D eigenvalue weighted by Crippen LogP contribution is -2.19. The van der Waals surface area contributed by atoms with Crippen LogP contribution in [0.25, 0.3) is 0 Å². The molecule has 0 amide bonds. The largest absolute Gasteiger partial charge is 0.376 e. The molecule has 1 aliphatic carbocycles. The summed E-state index contributed by atoms with van der Waals surface area (Å²) in [6.45, 7) is 3.55. The Morgan fingerprint density at radius 2 is 2.16 bits per heavy atom. The van der Waals surface area contributed by atoms with Gasteiger partial charge < -0.3 is 4.74 Å². The molecule has 100 valence electrons. The smallest absolute Gasteiger partial charge is 0.0992 e. The molecule has 1 aromatic rings. The molecule has 0 radical (unpaired) electrons. The van der Waals surface area contributed by atoms with E-state index in [2.05, 4.69) is 25.1 Å². The molecule has 1 aromatic carbocycles. The maximum atomic E-state index is 8.78. The van der Waals surface area contributed by atoms with Gasteiger partial charge in [-0.1, -0.05) is 36.7 Å². The van der Waals surface area contributed by atoms with Crippen LogP contribution in [0.15, 0.2) is 30.4 Å². The first kappa shape index (κ1) is 14.1. The number of ether oxygens (including phenoxy) is 1. The summed E-state index contributed by atoms with van der Waals surface area (Å²) < 4.78 is 5.78. The first-order valence-electron chi connectivity index (χ1n) is 6.62. The van der Waals surface area contributed by atoms with E-state index >= 15 is 0 Å². The first-order valence-corrected chi connectivity index (χ1v) is 6.99. The second kappa shape index (κ2) is 6.75. The van der Waals surface area contributed by atoms with E-state index in [0.29, 0.717) is 29.0 Å². The Bertz CT molecular complexity index is 504. The lowest BCUT2D eigenvalue weighted by Gasteiger charge is -2.25. The summed E-state index contributed by atoms with van der Waals surface area (Å²) >= 11 is 6.12. The standard InChI is InChI=1S/C16H18ClNO/c1-12-4-2-3-5-14(12)10-19-11-15-7-6-13(9-18)8-16(15)17/h2-3,6-8,12,14H,4-5,10-11H2,1H3. The van der Waals surface area contributed by atoms with Crippen molar-refractivity contribution < 1.29 is 4.74 Å². The molecule has 0 aliphatic heterocycles. The van der Waals surface area contributed by atoms with Gasteiger partial charge in [0.05, 0.1) is 24.8 Å². The Morgan fingerprint density at radius 1 is 1.37 bits per heavy atom. The van der Waals surface area contributed by atoms with E-state index in [1.54, 1.807) is 12.1 Å². The number of hydrogen-bond acceptors (Lipinski definition) is 2. The van der Waals surface area contributed by atoms with Crippen LogP contribution in [-0.2, 0) is 11.3 Å². The third-order valence-corrected chi connectivity index (χ3v) is 4.04. The number of allylic oxidation sites excluding steroid dienone is 2. The zero-order chi connectivity index (χ0) is 13.7. The molecule has 1 aliphatic rings. The fourth-order valence-electron chi connectivity index (χ4n) is 2.29. The molecule has 0 saturated carbocycles. The van der Waals surface area contributed by atoms with E-state index in [4.69, 9.17) is 21.6 Å². The van der Waals surface area contributed by atoms with E-state index in [1.165, 1.54) is 0 Å². The highest BCUT2D eigenvalue weighted by molar-refractivity contribution is 6.31. The average molecular weight is 276 g/mol. The first-order chi connectivity index (χ1) is 9.20. The van der Waals surface area contributed by atoms with Gasteiger partial charge in [0.25, 0.3) is 0 Å². The molecule has 19 heavy (non-hydrogen) atoms. The molecule has 0 aromatic heterocycles. The maximum absolute atomic E-state index is 8.78. The van der Waals surface area contributed by atoms with E-state index in [-0.39, 0.29) is 0 Å². The van der Waals surface area contributed by atoms with Crippen LogP contribution >= 0.6 is 11.6 Å². The van der Waals surface area contributed by atoms with Gasteiger partial charge in [-0.25, -0.2) is 0 Å². The summed E-state index contributed by atoms with van der Waals surface area (Å²) in [5.41, 5.74) is 1.53. The highest BCUT2D eigenvalue weighted by atomic mass is 35.5. The fraction of sp³-hybridized carbons (Fsp3) is 0.438. The molecule has 2 nitrogen and oxygen atoms in total. The molecule has 0 N–H and O–H groups in total. The third-order valence-electron chi connectivity index (χ3n) is 3.69. The van der Waals surface area contributed by atoms with E-state index in [1.807, 2.05) is 6.07 Å². The second-order valence-electron chi connectivity index (χ2n) is 5.11. The van der Waals surface area contributed by atoms with Crippen LogP contribution in [0.3, 0.4) is 0 Å². The summed E-state index contributed by atoms with van der Waals surface area (Å²) in [6.07, 6.45) is 6.73. The van der Waals surface area contributed by atoms with Gasteiger partial charge in [0.15, 0.2) is 0 Å². The normalized spacial score (nSPS) is 22.2. The number of rotatable bonds is 4. The minimum atomic E-state index is 0.511. The van der Waals surface area contributed by atoms with E-state index in [9.17, 15) is 0 Å². The van der Waals surface area contributed by atoms with Gasteiger partial charge in [-0.05, 0) is 42.4 Å². The molecule has 0 spiro atoms. The maximum Gasteiger partial charge on any atom is 0.0992 e. The molecular formula is C16H18ClNO. The SMILES string of the molecule is CC1CC=CCC1COCc1ccc(C#N)cc1Cl. The molecule has 2 unspecified atom stereocenters. The average Bonchev–Trinajstić information content (AvgIpc) is 2.42. The second-order valence-corrected chi connectivity index (χ2v) is 5.52. The van der Waals surface area contributed by atoms with Crippen molar-refractivity contribution in [2.24, 2.45) is 11.8 Å². The van der Waals surface area contributed by atoms with Crippen LogP contribution in [0.2, 0.25) is 5.02 Å². The minimum Gasteiger partial charge on any atom is -0.376 e. The predicted octanol–water partition coefficient (Wildman–Crippen LogP) is 4.33. The van der Waals surface area contributed by atoms with Crippen molar-refractivity contribution in [1.82, 2.24) is 0 Å². The molecule has 0 bridgehead atoms. The molecule has 0 fully saturated rings. The summed E-state index contributed by atoms with van der Waals surface area (Å²) in [5, 5.41) is 9.39. The Morgan fingerprint density at radius 3 is 2.84 bits per heavy atom. The zero-order valence-electron chi connectivity index (χ0n) is 11.1. The Hall–Kier alpha value is -1.30. The van der Waals surface area contributed by atoms with Crippen LogP contribution in [0.4, 0.5) is 0 Å². The van der Waals surface area contributed by atoms with Gasteiger partial charge in [0.1, 0.15) is 0 Å². The van der Waals surface area contributed by atoms with Gasteiger partial charge in [0, 0.05) is 5.02 Å². The van der Waals surface area contributed by atoms with Crippen LogP contribution in [0.1, 0.15) is 30.9 Å². The van der Waals surface area contributed by atoms with Crippen molar-refractivity contribution in [3.8, 4) is 6.07 Å². The van der Waals surface area contributed by atoms with Crippen molar-refractivity contribution in [3.63, 3.8) is 0 Å². The van der Waals surface area contributed by atoms with Crippen molar-refractivity contribution in [1.29, 1.82) is 5.26 Å². The number of nitriles is 1. The monoisotopic (exact) mass is 275 g/mol. The minimum absolute atomic E-state index is 0.511. The quantitative estimate of drug-likeness (QED) is 0.766. The fourth-order valence-corrected chi connectivity index (χ4v) is 2.53. The van der Waals surface area contributed by atoms with Crippen molar-refractivity contribution in [2.75, 3.05) is 6.61 Å². The molecule has 0 saturated heterocycles. The number of benzene rings is 1. The summed E-state index contributed by atoms with van der Waals surface area (Å²) in [4.78, 5) is 0. The lowest BCUT2D eigenvalue weighted by molar-refractivity contribution is 0.0681. The lowest BCUT2D eigenvalue weighted by atomic mass is 9.85. The zero-order valence-corrected chi connectivity index (χ0v) is 11.9. The molecular weight excluding hydrogens is 258 g/mol. The molecule has 2 atom stereocenters. The van der Waals surface area contributed by atoms with Gasteiger partial charge in [-0.2, -0.15) is 5.26 Å². The van der Waals surface area contributed by atoms with Crippen LogP contribution in [0, 0.1) is 23.2 Å². The topological polar surface area (TPSA) is 33.0 Å². The third kappa shape index (κ3) is 3.83. The van der Waals surface area contributed by atoms with Gasteiger partial charge in [-0.3, -0.25) is 0 Å². The van der Waals surface area contributed by atoms with Crippen molar-refractivity contribution in [3.05, 3.63) is 46.5 Å². The van der Waals surface area contributed by atoms with Gasteiger partial charge in [0.2, 0.25) is 0 Å². The van der Waals surface area contributed by atoms with E-state index in [0.717, 1.165) is 25.0 Å². The molecule has 2 rings (SSSR count). The van der Waals surface area contributed by atoms with Crippen LogP contribution < -0.4 is 0 Å². The summed E-state index contributed by atoms with van der Waals surface area (Å²) in [6, 6.07) is 7.40. The summed E-state index contributed by atoms with van der Waals surface area (Å²) in [5.74, 6) is 1.28. The highest BCUT2D eigenvalue weighted by Crippen LogP contribution is 2.26. The highest BCUT2D eigenvalue weighted by Gasteiger charge is 2.18. The van der Waals surface area contributed by atoms with Crippen molar-refractivity contribution in [2.45, 2.75) is 26.4 Å². The Labute approximate surface area is 119 Å². The van der Waals surface area contributed by atoms with Gasteiger partial charge >= 0.3 is 0 Å².